The Hall–Kier alpha value is -2.60. The number of esters is 1. The van der Waals surface area contributed by atoms with E-state index in [-0.39, 0.29) is 0 Å². The second kappa shape index (κ2) is 6.88. The number of carbonyl (C=O) groups is 1. The van der Waals surface area contributed by atoms with E-state index in [9.17, 15) is 4.79 Å². The van der Waals surface area contributed by atoms with Crippen molar-refractivity contribution in [3.63, 3.8) is 0 Å². The number of rotatable bonds is 4. The number of carbonyl (C=O) groups excluding carboxylic acids is 1. The summed E-state index contributed by atoms with van der Waals surface area (Å²) >= 11 is 6.34. The van der Waals surface area contributed by atoms with Crippen LogP contribution >= 0.6 is 11.6 Å². The Morgan fingerprint density at radius 3 is 2.83 bits per heavy atom. The summed E-state index contributed by atoms with van der Waals surface area (Å²) < 4.78 is 5.20. The van der Waals surface area contributed by atoms with Gasteiger partial charge in [-0.15, -0.1) is 0 Å². The molecule has 3 rings (SSSR count). The van der Waals surface area contributed by atoms with Crippen molar-refractivity contribution in [2.45, 2.75) is 19.9 Å². The maximum absolute atomic E-state index is 12.4. The number of aromatic amines is 1. The van der Waals surface area contributed by atoms with Gasteiger partial charge in [-0.1, -0.05) is 29.8 Å². The van der Waals surface area contributed by atoms with Gasteiger partial charge in [0.1, 0.15) is 6.04 Å². The summed E-state index contributed by atoms with van der Waals surface area (Å²) in [5.74, 6) is 0.736. The number of nitrogens with zero attached hydrogens (tertiary/aromatic N) is 2. The van der Waals surface area contributed by atoms with E-state index in [2.05, 4.69) is 20.3 Å². The molecule has 1 atom stereocenters. The maximum Gasteiger partial charge on any atom is 0.338 e. The second-order valence-electron chi connectivity index (χ2n) is 5.22. The lowest BCUT2D eigenvalue weighted by atomic mass is 9.96. The molecule has 1 aromatic heterocycles. The summed E-state index contributed by atoms with van der Waals surface area (Å²) in [5.41, 5.74) is 1.85. The van der Waals surface area contributed by atoms with Crippen molar-refractivity contribution in [3.05, 3.63) is 64.3 Å². The van der Waals surface area contributed by atoms with E-state index in [1.54, 1.807) is 25.4 Å². The molecular formula is C17H17ClN4O2. The molecule has 0 fully saturated rings. The Balaban J connectivity index is 2.10. The van der Waals surface area contributed by atoms with Crippen molar-refractivity contribution < 1.29 is 9.53 Å². The number of nitrogens with one attached hydrogen (secondary N) is 2. The Kier molecular flexibility index (Phi) is 4.66. The van der Waals surface area contributed by atoms with Crippen LogP contribution in [-0.2, 0) is 9.53 Å². The van der Waals surface area contributed by atoms with Crippen LogP contribution in [0.1, 0.15) is 31.3 Å². The molecule has 1 aromatic carbocycles. The molecule has 0 radical (unpaired) electrons. The van der Waals surface area contributed by atoms with E-state index in [0.29, 0.717) is 34.6 Å². The van der Waals surface area contributed by atoms with Crippen molar-refractivity contribution in [2.24, 2.45) is 4.99 Å². The number of hydrogen-bond donors (Lipinski definition) is 2. The van der Waals surface area contributed by atoms with Gasteiger partial charge in [0.05, 0.1) is 12.2 Å². The lowest BCUT2D eigenvalue weighted by molar-refractivity contribution is -0.138. The van der Waals surface area contributed by atoms with Crippen LogP contribution in [0.25, 0.3) is 0 Å². The van der Waals surface area contributed by atoms with E-state index in [1.165, 1.54) is 0 Å². The van der Waals surface area contributed by atoms with Crippen molar-refractivity contribution in [3.8, 4) is 0 Å². The highest BCUT2D eigenvalue weighted by atomic mass is 35.5. The number of aromatic nitrogens is 2. The lowest BCUT2D eigenvalue weighted by Crippen LogP contribution is -2.33. The fourth-order valence-electron chi connectivity index (χ4n) is 2.59. The van der Waals surface area contributed by atoms with Crippen molar-refractivity contribution in [1.82, 2.24) is 15.3 Å². The first kappa shape index (κ1) is 16.3. The highest BCUT2D eigenvalue weighted by Gasteiger charge is 2.32. The fourth-order valence-corrected chi connectivity index (χ4v) is 2.83. The summed E-state index contributed by atoms with van der Waals surface area (Å²) in [4.78, 5) is 24.3. The monoisotopic (exact) mass is 344 g/mol. The number of hydrogen-bond acceptors (Lipinski definition) is 5. The van der Waals surface area contributed by atoms with E-state index >= 15 is 0 Å². The Labute approximate surface area is 144 Å². The third kappa shape index (κ3) is 3.05. The first-order valence-electron chi connectivity index (χ1n) is 7.58. The molecule has 0 spiro atoms. The van der Waals surface area contributed by atoms with Crippen LogP contribution in [0.3, 0.4) is 0 Å². The largest absolute Gasteiger partial charge is 0.463 e. The van der Waals surface area contributed by atoms with Crippen LogP contribution in [0.15, 0.2) is 52.9 Å². The molecular weight excluding hydrogens is 328 g/mol. The molecule has 2 aromatic rings. The lowest BCUT2D eigenvalue weighted by Gasteiger charge is -2.26. The van der Waals surface area contributed by atoms with Crippen LogP contribution in [0.2, 0.25) is 5.02 Å². The minimum atomic E-state index is -0.556. The Morgan fingerprint density at radius 2 is 2.17 bits per heavy atom. The van der Waals surface area contributed by atoms with Crippen molar-refractivity contribution in [2.75, 3.05) is 6.61 Å². The van der Waals surface area contributed by atoms with Crippen molar-refractivity contribution in [1.29, 1.82) is 0 Å². The van der Waals surface area contributed by atoms with E-state index in [0.717, 1.165) is 5.56 Å². The van der Waals surface area contributed by atoms with E-state index in [4.69, 9.17) is 16.3 Å². The minimum absolute atomic E-state index is 0.291. The maximum atomic E-state index is 12.4. The van der Waals surface area contributed by atoms with Crippen LogP contribution in [-0.4, -0.2) is 28.4 Å². The third-order valence-electron chi connectivity index (χ3n) is 3.66. The zero-order chi connectivity index (χ0) is 17.1. The number of amidine groups is 1. The topological polar surface area (TPSA) is 79.4 Å². The predicted molar refractivity (Wildman–Crippen MR) is 91.8 cm³/mol. The van der Waals surface area contributed by atoms with E-state index in [1.807, 2.05) is 25.1 Å². The van der Waals surface area contributed by atoms with Crippen LogP contribution < -0.4 is 5.32 Å². The number of aliphatic imine (C=N–C) groups is 1. The zero-order valence-corrected chi connectivity index (χ0v) is 14.1. The van der Waals surface area contributed by atoms with Gasteiger partial charge in [-0.05, 0) is 19.9 Å². The normalized spacial score (nSPS) is 17.3. The van der Waals surface area contributed by atoms with Crippen LogP contribution in [0.5, 0.6) is 0 Å². The first-order chi connectivity index (χ1) is 11.6. The molecule has 0 saturated heterocycles. The van der Waals surface area contributed by atoms with Crippen LogP contribution in [0, 0.1) is 0 Å². The smallest absolute Gasteiger partial charge is 0.338 e. The summed E-state index contributed by atoms with van der Waals surface area (Å²) in [6, 6.07) is 6.78. The van der Waals surface area contributed by atoms with Gasteiger partial charge in [0, 0.05) is 28.7 Å². The Bertz CT molecular complexity index is 812. The molecule has 6 nitrogen and oxygen atoms in total. The molecule has 7 heteroatoms. The summed E-state index contributed by atoms with van der Waals surface area (Å²) in [6.07, 6.45) is 3.36. The quantitative estimate of drug-likeness (QED) is 0.836. The average Bonchev–Trinajstić information content (AvgIpc) is 3.09. The highest BCUT2D eigenvalue weighted by Crippen LogP contribution is 2.35. The van der Waals surface area contributed by atoms with Gasteiger partial charge in [0.25, 0.3) is 0 Å². The zero-order valence-electron chi connectivity index (χ0n) is 13.3. The van der Waals surface area contributed by atoms with Gasteiger partial charge >= 0.3 is 5.97 Å². The second-order valence-corrected chi connectivity index (χ2v) is 5.63. The summed E-state index contributed by atoms with van der Waals surface area (Å²) in [5, 5.41) is 3.66. The number of imidazole rings is 1. The molecule has 24 heavy (non-hydrogen) atoms. The molecule has 0 saturated carbocycles. The number of ether oxygens (including phenoxy) is 1. The average molecular weight is 345 g/mol. The van der Waals surface area contributed by atoms with Crippen molar-refractivity contribution >= 4 is 23.4 Å². The van der Waals surface area contributed by atoms with Gasteiger partial charge < -0.3 is 15.0 Å². The van der Waals surface area contributed by atoms with Gasteiger partial charge in [-0.3, -0.25) is 4.99 Å². The molecule has 124 valence electrons. The summed E-state index contributed by atoms with van der Waals surface area (Å²) in [7, 11) is 0. The molecule has 2 N–H and O–H groups in total. The third-order valence-corrected chi connectivity index (χ3v) is 4.00. The molecule has 0 aliphatic carbocycles. The number of allylic oxidation sites excluding steroid dienone is 1. The number of H-pyrrole nitrogens is 1. The first-order valence-corrected chi connectivity index (χ1v) is 7.96. The molecule has 0 bridgehead atoms. The SMILES string of the molecule is CCOC(=O)C1=C(C)NC(c2ncc[nH]2)=NC1c1ccccc1Cl. The van der Waals surface area contributed by atoms with Gasteiger partial charge in [0.15, 0.2) is 11.7 Å². The minimum Gasteiger partial charge on any atom is -0.463 e. The highest BCUT2D eigenvalue weighted by molar-refractivity contribution is 6.31. The molecule has 0 amide bonds. The van der Waals surface area contributed by atoms with Crippen LogP contribution in [0.4, 0.5) is 0 Å². The summed E-state index contributed by atoms with van der Waals surface area (Å²) in [6.45, 7) is 3.87. The standard InChI is InChI=1S/C17H17ClN4O2/c1-3-24-17(23)13-10(2)21-16(15-19-8-9-20-15)22-14(13)11-6-4-5-7-12(11)18/h4-9,14H,3H2,1-2H3,(H,19,20)(H,21,22). The molecule has 1 aliphatic rings. The van der Waals surface area contributed by atoms with Gasteiger partial charge in [0.2, 0.25) is 0 Å². The van der Waals surface area contributed by atoms with E-state index < -0.39 is 12.0 Å². The molecule has 1 aliphatic heterocycles. The van der Waals surface area contributed by atoms with Gasteiger partial charge in [-0.2, -0.15) is 0 Å². The number of halogens is 1. The fraction of sp³-hybridized carbons (Fsp3) is 0.235. The molecule has 1 unspecified atom stereocenters. The molecule has 2 heterocycles. The number of benzene rings is 1. The predicted octanol–water partition coefficient (Wildman–Crippen LogP) is 2.99. The Morgan fingerprint density at radius 1 is 1.38 bits per heavy atom. The van der Waals surface area contributed by atoms with Gasteiger partial charge in [-0.25, -0.2) is 9.78 Å².